The average Bonchev–Trinajstić information content (AvgIpc) is 3.09. The highest BCUT2D eigenvalue weighted by atomic mass is 32.1. The molecular formula is C20H37N3O3S. The van der Waals surface area contributed by atoms with E-state index in [1.165, 1.54) is 49.6 Å². The lowest BCUT2D eigenvalue weighted by atomic mass is 10.1. The molecule has 1 atom stereocenters. The van der Waals surface area contributed by atoms with E-state index in [0.717, 1.165) is 12.8 Å². The molecule has 0 saturated carbocycles. The standard InChI is InChI=1S/C20H37N3O3S/c1-5-6-7-8-9-10-11-12-21-18(25)17-14-22-19(27-17)26-15-16(24)13-23-20(2,3)4/h14,16,23-24H,5-13,15H2,1-4H3,(H,21,25). The van der Waals surface area contributed by atoms with Crippen molar-refractivity contribution >= 4 is 17.2 Å². The van der Waals surface area contributed by atoms with Gasteiger partial charge >= 0.3 is 0 Å². The second kappa shape index (κ2) is 13.1. The summed E-state index contributed by atoms with van der Waals surface area (Å²) in [6.45, 7) is 9.63. The van der Waals surface area contributed by atoms with Gasteiger partial charge in [0, 0.05) is 18.6 Å². The molecule has 27 heavy (non-hydrogen) atoms. The van der Waals surface area contributed by atoms with E-state index in [1.807, 2.05) is 20.8 Å². The molecule has 0 aliphatic carbocycles. The van der Waals surface area contributed by atoms with Crippen molar-refractivity contribution in [2.75, 3.05) is 19.7 Å². The summed E-state index contributed by atoms with van der Waals surface area (Å²) in [5.74, 6) is -0.108. The van der Waals surface area contributed by atoms with Gasteiger partial charge in [0.25, 0.3) is 11.1 Å². The number of thiazole rings is 1. The summed E-state index contributed by atoms with van der Waals surface area (Å²) in [5.41, 5.74) is -0.0527. The Labute approximate surface area is 168 Å². The van der Waals surface area contributed by atoms with Gasteiger partial charge in [0.15, 0.2) is 0 Å². The molecular weight excluding hydrogens is 362 g/mol. The fraction of sp³-hybridized carbons (Fsp3) is 0.800. The van der Waals surface area contributed by atoms with Gasteiger partial charge in [0.1, 0.15) is 17.6 Å². The van der Waals surface area contributed by atoms with Crippen LogP contribution in [-0.2, 0) is 0 Å². The van der Waals surface area contributed by atoms with Gasteiger partial charge < -0.3 is 20.5 Å². The third kappa shape index (κ3) is 12.0. The summed E-state index contributed by atoms with van der Waals surface area (Å²) in [5, 5.41) is 16.5. The number of nitrogens with one attached hydrogen (secondary N) is 2. The Balaban J connectivity index is 2.18. The van der Waals surface area contributed by atoms with Crippen molar-refractivity contribution in [3.63, 3.8) is 0 Å². The van der Waals surface area contributed by atoms with Crippen LogP contribution in [0.5, 0.6) is 5.19 Å². The van der Waals surface area contributed by atoms with E-state index in [0.29, 0.717) is 23.2 Å². The Bertz CT molecular complexity index is 529. The Morgan fingerprint density at radius 2 is 1.89 bits per heavy atom. The number of aliphatic hydroxyl groups excluding tert-OH is 1. The SMILES string of the molecule is CCCCCCCCCNC(=O)c1cnc(OCC(O)CNC(C)(C)C)s1. The molecule has 0 aromatic carbocycles. The highest BCUT2D eigenvalue weighted by Gasteiger charge is 2.15. The minimum atomic E-state index is -0.622. The van der Waals surface area contributed by atoms with Gasteiger partial charge in [-0.15, -0.1) is 0 Å². The topological polar surface area (TPSA) is 83.5 Å². The van der Waals surface area contributed by atoms with Crippen LogP contribution in [0.4, 0.5) is 0 Å². The molecule has 0 aliphatic heterocycles. The second-order valence-corrected chi connectivity index (χ2v) is 8.96. The smallest absolute Gasteiger partial charge is 0.273 e. The highest BCUT2D eigenvalue weighted by Crippen LogP contribution is 2.20. The first-order chi connectivity index (χ1) is 12.8. The Hall–Kier alpha value is -1.18. The first-order valence-electron chi connectivity index (χ1n) is 10.1. The first kappa shape index (κ1) is 23.9. The van der Waals surface area contributed by atoms with E-state index >= 15 is 0 Å². The zero-order chi connectivity index (χ0) is 20.1. The number of carbonyl (C=O) groups is 1. The molecule has 1 aromatic rings. The number of aromatic nitrogens is 1. The lowest BCUT2D eigenvalue weighted by molar-refractivity contribution is 0.0956. The van der Waals surface area contributed by atoms with Gasteiger partial charge in [-0.3, -0.25) is 4.79 Å². The van der Waals surface area contributed by atoms with Gasteiger partial charge in [0.05, 0.1) is 6.20 Å². The number of β-amino-alcohol motifs (C(OH)–C–C–N with tert-alkyl or cyclic N) is 1. The van der Waals surface area contributed by atoms with Crippen LogP contribution in [0.15, 0.2) is 6.20 Å². The maximum atomic E-state index is 12.1. The minimum absolute atomic E-state index is 0.0527. The number of aliphatic hydroxyl groups is 1. The molecule has 0 spiro atoms. The van der Waals surface area contributed by atoms with Crippen LogP contribution in [0.3, 0.4) is 0 Å². The largest absolute Gasteiger partial charge is 0.467 e. The zero-order valence-electron chi connectivity index (χ0n) is 17.3. The number of ether oxygens (including phenoxy) is 1. The van der Waals surface area contributed by atoms with Gasteiger partial charge in [-0.2, -0.15) is 0 Å². The van der Waals surface area contributed by atoms with Crippen molar-refractivity contribution in [2.24, 2.45) is 0 Å². The Kier molecular flexibility index (Phi) is 11.6. The number of hydrogen-bond acceptors (Lipinski definition) is 6. The number of unbranched alkanes of at least 4 members (excludes halogenated alkanes) is 6. The van der Waals surface area contributed by atoms with Crippen LogP contribution >= 0.6 is 11.3 Å². The van der Waals surface area contributed by atoms with E-state index in [1.54, 1.807) is 0 Å². The van der Waals surface area contributed by atoms with E-state index in [-0.39, 0.29) is 18.1 Å². The number of carbonyl (C=O) groups excluding carboxylic acids is 1. The predicted octanol–water partition coefficient (Wildman–Crippen LogP) is 3.75. The third-order valence-electron chi connectivity index (χ3n) is 4.04. The lowest BCUT2D eigenvalue weighted by Crippen LogP contribution is -2.42. The predicted molar refractivity (Wildman–Crippen MR) is 112 cm³/mol. The summed E-state index contributed by atoms with van der Waals surface area (Å²) >= 11 is 1.21. The molecule has 156 valence electrons. The quantitative estimate of drug-likeness (QED) is 0.415. The summed E-state index contributed by atoms with van der Waals surface area (Å²) in [6, 6.07) is 0. The number of amides is 1. The van der Waals surface area contributed by atoms with Crippen LogP contribution in [0, 0.1) is 0 Å². The van der Waals surface area contributed by atoms with Crippen molar-refractivity contribution in [3.05, 3.63) is 11.1 Å². The molecule has 6 nitrogen and oxygen atoms in total. The zero-order valence-corrected chi connectivity index (χ0v) is 18.2. The molecule has 1 rings (SSSR count). The van der Waals surface area contributed by atoms with Gasteiger partial charge in [-0.1, -0.05) is 56.8 Å². The molecule has 0 fully saturated rings. The van der Waals surface area contributed by atoms with Gasteiger partial charge in [-0.25, -0.2) is 4.98 Å². The van der Waals surface area contributed by atoms with Gasteiger partial charge in [0.2, 0.25) is 0 Å². The molecule has 0 saturated heterocycles. The fourth-order valence-corrected chi connectivity index (χ4v) is 3.14. The number of hydrogen-bond donors (Lipinski definition) is 3. The molecule has 0 aliphatic rings. The van der Waals surface area contributed by atoms with Crippen LogP contribution in [0.1, 0.15) is 82.3 Å². The minimum Gasteiger partial charge on any atom is -0.467 e. The maximum Gasteiger partial charge on any atom is 0.273 e. The molecule has 1 aromatic heterocycles. The number of rotatable bonds is 14. The van der Waals surface area contributed by atoms with Crippen molar-refractivity contribution in [3.8, 4) is 5.19 Å². The molecule has 0 radical (unpaired) electrons. The molecule has 1 unspecified atom stereocenters. The molecule has 3 N–H and O–H groups in total. The average molecular weight is 400 g/mol. The summed E-state index contributed by atoms with van der Waals surface area (Å²) < 4.78 is 5.49. The summed E-state index contributed by atoms with van der Waals surface area (Å²) in [7, 11) is 0. The van der Waals surface area contributed by atoms with Crippen molar-refractivity contribution < 1.29 is 14.6 Å². The molecule has 1 heterocycles. The second-order valence-electron chi connectivity index (χ2n) is 7.96. The van der Waals surface area contributed by atoms with Crippen molar-refractivity contribution in [2.45, 2.75) is 84.3 Å². The maximum absolute atomic E-state index is 12.1. The number of nitrogens with zero attached hydrogens (tertiary/aromatic N) is 1. The van der Waals surface area contributed by atoms with Crippen LogP contribution in [-0.4, -0.2) is 47.3 Å². The van der Waals surface area contributed by atoms with Crippen LogP contribution < -0.4 is 15.4 Å². The van der Waals surface area contributed by atoms with Crippen LogP contribution in [0.25, 0.3) is 0 Å². The first-order valence-corrected chi connectivity index (χ1v) is 10.9. The molecule has 1 amide bonds. The highest BCUT2D eigenvalue weighted by molar-refractivity contribution is 7.15. The molecule has 7 heteroatoms. The summed E-state index contributed by atoms with van der Waals surface area (Å²) in [6.07, 6.45) is 9.49. The van der Waals surface area contributed by atoms with E-state index in [9.17, 15) is 9.90 Å². The normalized spacial score (nSPS) is 12.8. The Morgan fingerprint density at radius 3 is 2.56 bits per heavy atom. The molecule has 0 bridgehead atoms. The van der Waals surface area contributed by atoms with E-state index < -0.39 is 6.10 Å². The third-order valence-corrected chi connectivity index (χ3v) is 4.95. The fourth-order valence-electron chi connectivity index (χ4n) is 2.45. The Morgan fingerprint density at radius 1 is 1.22 bits per heavy atom. The van der Waals surface area contributed by atoms with Crippen molar-refractivity contribution in [1.82, 2.24) is 15.6 Å². The van der Waals surface area contributed by atoms with Crippen molar-refractivity contribution in [1.29, 1.82) is 0 Å². The van der Waals surface area contributed by atoms with Gasteiger partial charge in [-0.05, 0) is 27.2 Å². The monoisotopic (exact) mass is 399 g/mol. The van der Waals surface area contributed by atoms with E-state index in [2.05, 4.69) is 22.5 Å². The van der Waals surface area contributed by atoms with E-state index in [4.69, 9.17) is 4.74 Å². The van der Waals surface area contributed by atoms with Crippen LogP contribution in [0.2, 0.25) is 0 Å². The summed E-state index contributed by atoms with van der Waals surface area (Å²) in [4.78, 5) is 16.8. The lowest BCUT2D eigenvalue weighted by Gasteiger charge is -2.22.